The largest absolute Gasteiger partial charge is 0.492 e. The van der Waals surface area contributed by atoms with Gasteiger partial charge < -0.3 is 10.1 Å². The Bertz CT molecular complexity index is 729. The Morgan fingerprint density at radius 1 is 1.04 bits per heavy atom. The van der Waals surface area contributed by atoms with Crippen LogP contribution >= 0.6 is 0 Å². The van der Waals surface area contributed by atoms with Crippen LogP contribution in [0.1, 0.15) is 0 Å². The SMILES string of the molecule is CN(C)S(=O)(=O)c1ccc(OCCNc2ccc(F)cc2)cc1. The normalized spacial score (nSPS) is 11.5. The number of rotatable bonds is 7. The molecule has 0 aromatic heterocycles. The highest BCUT2D eigenvalue weighted by Crippen LogP contribution is 2.18. The van der Waals surface area contributed by atoms with Crippen molar-refractivity contribution in [3.8, 4) is 5.75 Å². The molecule has 0 unspecified atom stereocenters. The van der Waals surface area contributed by atoms with E-state index in [9.17, 15) is 12.8 Å². The van der Waals surface area contributed by atoms with Crippen molar-refractivity contribution in [3.05, 3.63) is 54.3 Å². The Morgan fingerprint density at radius 3 is 2.22 bits per heavy atom. The first-order valence-electron chi connectivity index (χ1n) is 7.04. The predicted molar refractivity (Wildman–Crippen MR) is 87.7 cm³/mol. The molecule has 0 bridgehead atoms. The molecule has 0 saturated carbocycles. The zero-order valence-corrected chi connectivity index (χ0v) is 13.8. The number of hydrogen-bond donors (Lipinski definition) is 1. The van der Waals surface area contributed by atoms with Gasteiger partial charge >= 0.3 is 0 Å². The zero-order chi connectivity index (χ0) is 16.9. The number of hydrogen-bond acceptors (Lipinski definition) is 4. The summed E-state index contributed by atoms with van der Waals surface area (Å²) in [4.78, 5) is 0.222. The highest BCUT2D eigenvalue weighted by atomic mass is 32.2. The maximum absolute atomic E-state index is 12.8. The molecule has 23 heavy (non-hydrogen) atoms. The Kier molecular flexibility index (Phi) is 5.57. The van der Waals surface area contributed by atoms with Gasteiger partial charge in [-0.15, -0.1) is 0 Å². The van der Waals surface area contributed by atoms with Crippen molar-refractivity contribution in [1.29, 1.82) is 0 Å². The predicted octanol–water partition coefficient (Wildman–Crippen LogP) is 2.57. The van der Waals surface area contributed by atoms with Crippen LogP contribution in [-0.2, 0) is 10.0 Å². The van der Waals surface area contributed by atoms with Gasteiger partial charge in [0.25, 0.3) is 0 Å². The first-order chi connectivity index (χ1) is 10.9. The van der Waals surface area contributed by atoms with Gasteiger partial charge in [-0.3, -0.25) is 0 Å². The fraction of sp³-hybridized carbons (Fsp3) is 0.250. The van der Waals surface area contributed by atoms with Crippen LogP contribution in [0.2, 0.25) is 0 Å². The Morgan fingerprint density at radius 2 is 1.65 bits per heavy atom. The Hall–Kier alpha value is -2.12. The quantitative estimate of drug-likeness (QED) is 0.788. The van der Waals surface area contributed by atoms with Crippen LogP contribution in [0.4, 0.5) is 10.1 Å². The van der Waals surface area contributed by atoms with E-state index in [-0.39, 0.29) is 10.7 Å². The molecule has 2 aromatic rings. The van der Waals surface area contributed by atoms with Crippen LogP contribution in [0.5, 0.6) is 5.75 Å². The van der Waals surface area contributed by atoms with Gasteiger partial charge in [-0.2, -0.15) is 0 Å². The average Bonchev–Trinajstić information content (AvgIpc) is 2.53. The van der Waals surface area contributed by atoms with Crippen molar-refractivity contribution in [2.45, 2.75) is 4.90 Å². The van der Waals surface area contributed by atoms with Crippen LogP contribution in [-0.4, -0.2) is 40.0 Å². The summed E-state index contributed by atoms with van der Waals surface area (Å²) >= 11 is 0. The molecule has 2 aromatic carbocycles. The Balaban J connectivity index is 1.84. The van der Waals surface area contributed by atoms with Crippen molar-refractivity contribution in [2.75, 3.05) is 32.6 Å². The molecule has 0 heterocycles. The maximum Gasteiger partial charge on any atom is 0.242 e. The van der Waals surface area contributed by atoms with E-state index in [4.69, 9.17) is 4.74 Å². The van der Waals surface area contributed by atoms with Crippen molar-refractivity contribution in [3.63, 3.8) is 0 Å². The lowest BCUT2D eigenvalue weighted by Gasteiger charge is -2.12. The van der Waals surface area contributed by atoms with Gasteiger partial charge in [0.1, 0.15) is 18.2 Å². The van der Waals surface area contributed by atoms with Crippen LogP contribution in [0.15, 0.2) is 53.4 Å². The number of ether oxygens (including phenoxy) is 1. The van der Waals surface area contributed by atoms with Gasteiger partial charge in [-0.05, 0) is 48.5 Å². The molecule has 7 heteroatoms. The molecule has 0 spiro atoms. The molecule has 0 aliphatic carbocycles. The van der Waals surface area contributed by atoms with E-state index in [0.29, 0.717) is 18.9 Å². The topological polar surface area (TPSA) is 58.6 Å². The smallest absolute Gasteiger partial charge is 0.242 e. The number of benzene rings is 2. The highest BCUT2D eigenvalue weighted by Gasteiger charge is 2.16. The maximum atomic E-state index is 12.8. The Labute approximate surface area is 135 Å². The molecule has 0 atom stereocenters. The number of halogens is 1. The second-order valence-electron chi connectivity index (χ2n) is 5.04. The molecular formula is C16H19FN2O3S. The second kappa shape index (κ2) is 7.43. The third-order valence-corrected chi connectivity index (χ3v) is 4.98. The first kappa shape index (κ1) is 17.2. The van der Waals surface area contributed by atoms with Crippen LogP contribution in [0.3, 0.4) is 0 Å². The molecule has 0 aliphatic rings. The van der Waals surface area contributed by atoms with Gasteiger partial charge in [0.15, 0.2) is 0 Å². The minimum atomic E-state index is -3.42. The molecule has 124 valence electrons. The number of nitrogens with one attached hydrogen (secondary N) is 1. The molecule has 0 amide bonds. The number of sulfonamides is 1. The molecule has 2 rings (SSSR count). The van der Waals surface area contributed by atoms with Gasteiger partial charge in [-0.25, -0.2) is 17.1 Å². The summed E-state index contributed by atoms with van der Waals surface area (Å²) in [5, 5.41) is 3.10. The summed E-state index contributed by atoms with van der Waals surface area (Å²) in [5.74, 6) is 0.308. The molecule has 5 nitrogen and oxygen atoms in total. The molecule has 0 fully saturated rings. The number of anilines is 1. The monoisotopic (exact) mass is 338 g/mol. The lowest BCUT2D eigenvalue weighted by atomic mass is 10.3. The minimum Gasteiger partial charge on any atom is -0.492 e. The summed E-state index contributed by atoms with van der Waals surface area (Å²) in [6.45, 7) is 0.945. The van der Waals surface area contributed by atoms with Gasteiger partial charge in [0.2, 0.25) is 10.0 Å². The van der Waals surface area contributed by atoms with E-state index in [1.807, 2.05) is 0 Å². The lowest BCUT2D eigenvalue weighted by Crippen LogP contribution is -2.22. The van der Waals surface area contributed by atoms with Gasteiger partial charge in [0, 0.05) is 26.3 Å². The van der Waals surface area contributed by atoms with Crippen molar-refractivity contribution in [2.24, 2.45) is 0 Å². The first-order valence-corrected chi connectivity index (χ1v) is 8.48. The lowest BCUT2D eigenvalue weighted by molar-refractivity contribution is 0.332. The van der Waals surface area contributed by atoms with Crippen molar-refractivity contribution in [1.82, 2.24) is 4.31 Å². The third kappa shape index (κ3) is 4.67. The molecule has 0 radical (unpaired) electrons. The molecular weight excluding hydrogens is 319 g/mol. The van der Waals surface area contributed by atoms with E-state index in [2.05, 4.69) is 5.32 Å². The summed E-state index contributed by atoms with van der Waals surface area (Å²) in [7, 11) is -0.450. The number of nitrogens with zero attached hydrogens (tertiary/aromatic N) is 1. The van der Waals surface area contributed by atoms with Crippen molar-refractivity contribution < 1.29 is 17.5 Å². The van der Waals surface area contributed by atoms with Crippen molar-refractivity contribution >= 4 is 15.7 Å². The van der Waals surface area contributed by atoms with Crippen LogP contribution in [0.25, 0.3) is 0 Å². The standard InChI is InChI=1S/C16H19FN2O3S/c1-19(2)23(20,21)16-9-7-15(8-10-16)22-12-11-18-14-5-3-13(17)4-6-14/h3-10,18H,11-12H2,1-2H3. The van der Waals surface area contributed by atoms with Crippen LogP contribution in [0, 0.1) is 5.82 Å². The van der Waals surface area contributed by atoms with E-state index >= 15 is 0 Å². The molecule has 0 saturated heterocycles. The molecule has 1 N–H and O–H groups in total. The minimum absolute atomic E-state index is 0.222. The third-order valence-electron chi connectivity index (χ3n) is 3.15. The zero-order valence-electron chi connectivity index (χ0n) is 13.0. The van der Waals surface area contributed by atoms with E-state index < -0.39 is 10.0 Å². The highest BCUT2D eigenvalue weighted by molar-refractivity contribution is 7.89. The summed E-state index contributed by atoms with van der Waals surface area (Å²) in [5.41, 5.74) is 0.808. The van der Waals surface area contributed by atoms with E-state index in [1.165, 1.54) is 38.4 Å². The van der Waals surface area contributed by atoms with Crippen LogP contribution < -0.4 is 10.1 Å². The van der Waals surface area contributed by atoms with Gasteiger partial charge in [-0.1, -0.05) is 0 Å². The summed E-state index contributed by atoms with van der Waals surface area (Å²) in [6.07, 6.45) is 0. The second-order valence-corrected chi connectivity index (χ2v) is 7.19. The fourth-order valence-corrected chi connectivity index (χ4v) is 2.75. The van der Waals surface area contributed by atoms with Gasteiger partial charge in [0.05, 0.1) is 4.90 Å². The summed E-state index contributed by atoms with van der Waals surface area (Å²) < 4.78 is 43.3. The van der Waals surface area contributed by atoms with E-state index in [1.54, 1.807) is 24.3 Å². The molecule has 0 aliphatic heterocycles. The average molecular weight is 338 g/mol. The van der Waals surface area contributed by atoms with E-state index in [0.717, 1.165) is 9.99 Å². The summed E-state index contributed by atoms with van der Waals surface area (Å²) in [6, 6.07) is 12.3. The fourth-order valence-electron chi connectivity index (χ4n) is 1.85.